The average Bonchev–Trinajstić information content (AvgIpc) is 2.51. The largest absolute Gasteiger partial charge is 0.481 e. The maximum atomic E-state index is 10.5. The molecular formula is C20H30O4. The number of aliphatic carboxylic acids is 1. The van der Waals surface area contributed by atoms with Crippen LogP contribution in [-0.4, -0.2) is 29.6 Å². The summed E-state index contributed by atoms with van der Waals surface area (Å²) in [7, 11) is 0. The molecule has 1 aromatic carbocycles. The number of hydrogen-bond acceptors (Lipinski definition) is 3. The van der Waals surface area contributed by atoms with Crippen LogP contribution in [0, 0.1) is 6.92 Å². The first-order valence-corrected chi connectivity index (χ1v) is 8.98. The summed E-state index contributed by atoms with van der Waals surface area (Å²) in [6.07, 6.45) is 5.24. The molecule has 1 N–H and O–H groups in total. The predicted molar refractivity (Wildman–Crippen MR) is 94.2 cm³/mol. The van der Waals surface area contributed by atoms with Gasteiger partial charge in [-0.25, -0.2) is 0 Å². The fourth-order valence-corrected chi connectivity index (χ4v) is 3.41. The van der Waals surface area contributed by atoms with Gasteiger partial charge in [-0.05, 0) is 44.7 Å². The standard InChI is InChI=1S/C20H30O4/c1-15-10-8-9-11-16(15)17-14-23-20(2,3)24-18(17)12-6-4-5-7-13-19(21)22/h8-11,17-18H,4-7,12-14H2,1-3H3,(H,21,22)/t17-,18-/m1/s1. The molecule has 0 saturated carbocycles. The number of benzene rings is 1. The zero-order chi connectivity index (χ0) is 17.6. The van der Waals surface area contributed by atoms with Crippen molar-refractivity contribution in [2.75, 3.05) is 6.61 Å². The lowest BCUT2D eigenvalue weighted by molar-refractivity contribution is -0.282. The Morgan fingerprint density at radius 2 is 1.92 bits per heavy atom. The van der Waals surface area contributed by atoms with Crippen molar-refractivity contribution in [1.29, 1.82) is 0 Å². The van der Waals surface area contributed by atoms with Gasteiger partial charge in [-0.3, -0.25) is 4.79 Å². The first kappa shape index (κ1) is 18.9. The minimum Gasteiger partial charge on any atom is -0.481 e. The van der Waals surface area contributed by atoms with Crippen molar-refractivity contribution in [3.8, 4) is 0 Å². The van der Waals surface area contributed by atoms with Crippen LogP contribution in [-0.2, 0) is 14.3 Å². The first-order chi connectivity index (χ1) is 11.4. The second-order valence-electron chi connectivity index (χ2n) is 7.18. The minimum absolute atomic E-state index is 0.148. The van der Waals surface area contributed by atoms with E-state index in [1.807, 2.05) is 13.8 Å². The highest BCUT2D eigenvalue weighted by Crippen LogP contribution is 2.36. The lowest BCUT2D eigenvalue weighted by Crippen LogP contribution is -2.44. The van der Waals surface area contributed by atoms with Crippen LogP contribution in [0.15, 0.2) is 24.3 Å². The van der Waals surface area contributed by atoms with Gasteiger partial charge in [-0.1, -0.05) is 43.5 Å². The lowest BCUT2D eigenvalue weighted by atomic mass is 9.87. The lowest BCUT2D eigenvalue weighted by Gasteiger charge is -2.42. The van der Waals surface area contributed by atoms with Crippen molar-refractivity contribution < 1.29 is 19.4 Å². The van der Waals surface area contributed by atoms with Crippen LogP contribution in [0.25, 0.3) is 0 Å². The van der Waals surface area contributed by atoms with E-state index in [0.717, 1.165) is 32.1 Å². The van der Waals surface area contributed by atoms with Gasteiger partial charge in [0, 0.05) is 12.3 Å². The molecule has 4 nitrogen and oxygen atoms in total. The number of ether oxygens (including phenoxy) is 2. The number of unbranched alkanes of at least 4 members (excludes halogenated alkanes) is 3. The predicted octanol–water partition coefficient (Wildman–Crippen LogP) is 4.66. The second-order valence-corrected chi connectivity index (χ2v) is 7.18. The molecule has 0 aliphatic carbocycles. The minimum atomic E-state index is -0.705. The van der Waals surface area contributed by atoms with Crippen molar-refractivity contribution in [3.05, 3.63) is 35.4 Å². The molecule has 1 heterocycles. The Bertz CT molecular complexity index is 538. The SMILES string of the molecule is Cc1ccccc1[C@H]1COC(C)(C)O[C@@H]1CCCCCCC(=O)O. The summed E-state index contributed by atoms with van der Waals surface area (Å²) < 4.78 is 12.1. The van der Waals surface area contributed by atoms with Gasteiger partial charge in [0.1, 0.15) is 0 Å². The zero-order valence-corrected chi connectivity index (χ0v) is 15.1. The summed E-state index contributed by atoms with van der Waals surface area (Å²) in [5.41, 5.74) is 2.59. The molecule has 1 fully saturated rings. The Morgan fingerprint density at radius 1 is 1.21 bits per heavy atom. The molecule has 2 rings (SSSR count). The van der Waals surface area contributed by atoms with Crippen molar-refractivity contribution in [2.45, 2.75) is 77.1 Å². The van der Waals surface area contributed by atoms with Gasteiger partial charge >= 0.3 is 5.97 Å². The molecule has 4 heteroatoms. The van der Waals surface area contributed by atoms with Crippen LogP contribution >= 0.6 is 0 Å². The van der Waals surface area contributed by atoms with Crippen LogP contribution in [0.2, 0.25) is 0 Å². The topological polar surface area (TPSA) is 55.8 Å². The molecule has 0 unspecified atom stereocenters. The maximum absolute atomic E-state index is 10.5. The second kappa shape index (κ2) is 8.63. The van der Waals surface area contributed by atoms with E-state index in [4.69, 9.17) is 14.6 Å². The molecule has 1 aliphatic heterocycles. The van der Waals surface area contributed by atoms with Crippen molar-refractivity contribution in [2.24, 2.45) is 0 Å². The molecule has 0 radical (unpaired) electrons. The number of carboxylic acid groups (broad SMARTS) is 1. The molecule has 0 spiro atoms. The van der Waals surface area contributed by atoms with Gasteiger partial charge < -0.3 is 14.6 Å². The Hall–Kier alpha value is -1.39. The van der Waals surface area contributed by atoms with E-state index in [1.54, 1.807) is 0 Å². The Kier molecular flexibility index (Phi) is 6.81. The highest BCUT2D eigenvalue weighted by Gasteiger charge is 2.37. The Labute approximate surface area is 145 Å². The molecule has 1 aliphatic rings. The first-order valence-electron chi connectivity index (χ1n) is 8.98. The third-order valence-electron chi connectivity index (χ3n) is 4.71. The van der Waals surface area contributed by atoms with Gasteiger partial charge in [-0.2, -0.15) is 0 Å². The van der Waals surface area contributed by atoms with E-state index in [9.17, 15) is 4.79 Å². The van der Waals surface area contributed by atoms with E-state index in [0.29, 0.717) is 6.61 Å². The van der Waals surface area contributed by atoms with E-state index in [2.05, 4.69) is 31.2 Å². The summed E-state index contributed by atoms with van der Waals surface area (Å²) in [5, 5.41) is 8.68. The van der Waals surface area contributed by atoms with Crippen LogP contribution in [0.5, 0.6) is 0 Å². The number of carboxylic acids is 1. The molecular weight excluding hydrogens is 304 g/mol. The number of hydrogen-bond donors (Lipinski definition) is 1. The van der Waals surface area contributed by atoms with Crippen LogP contribution in [0.4, 0.5) is 0 Å². The zero-order valence-electron chi connectivity index (χ0n) is 15.1. The molecule has 0 bridgehead atoms. The van der Waals surface area contributed by atoms with Gasteiger partial charge in [-0.15, -0.1) is 0 Å². The fourth-order valence-electron chi connectivity index (χ4n) is 3.41. The third kappa shape index (κ3) is 5.60. The molecule has 1 aromatic rings. The van der Waals surface area contributed by atoms with Gasteiger partial charge in [0.05, 0.1) is 12.7 Å². The van der Waals surface area contributed by atoms with E-state index in [-0.39, 0.29) is 18.4 Å². The molecule has 24 heavy (non-hydrogen) atoms. The van der Waals surface area contributed by atoms with Gasteiger partial charge in [0.15, 0.2) is 5.79 Å². The van der Waals surface area contributed by atoms with Gasteiger partial charge in [0.2, 0.25) is 0 Å². The average molecular weight is 334 g/mol. The molecule has 0 aromatic heterocycles. The van der Waals surface area contributed by atoms with Crippen molar-refractivity contribution in [3.63, 3.8) is 0 Å². The monoisotopic (exact) mass is 334 g/mol. The van der Waals surface area contributed by atoms with Gasteiger partial charge in [0.25, 0.3) is 0 Å². The highest BCUT2D eigenvalue weighted by molar-refractivity contribution is 5.66. The Morgan fingerprint density at radius 3 is 2.62 bits per heavy atom. The molecule has 2 atom stereocenters. The number of aryl methyl sites for hydroxylation is 1. The van der Waals surface area contributed by atoms with E-state index < -0.39 is 11.8 Å². The summed E-state index contributed by atoms with van der Waals surface area (Å²) in [4.78, 5) is 10.5. The maximum Gasteiger partial charge on any atom is 0.303 e. The normalized spacial score (nSPS) is 23.1. The molecule has 0 amide bonds. The number of carbonyl (C=O) groups is 1. The van der Waals surface area contributed by atoms with Crippen LogP contribution in [0.3, 0.4) is 0 Å². The van der Waals surface area contributed by atoms with Crippen molar-refractivity contribution in [1.82, 2.24) is 0 Å². The third-order valence-corrected chi connectivity index (χ3v) is 4.71. The summed E-state index contributed by atoms with van der Waals surface area (Å²) in [6.45, 7) is 6.77. The van der Waals surface area contributed by atoms with E-state index >= 15 is 0 Å². The summed E-state index contributed by atoms with van der Waals surface area (Å²) >= 11 is 0. The van der Waals surface area contributed by atoms with Crippen molar-refractivity contribution >= 4 is 5.97 Å². The summed E-state index contributed by atoms with van der Waals surface area (Å²) in [5.74, 6) is -0.977. The molecule has 1 saturated heterocycles. The number of rotatable bonds is 8. The summed E-state index contributed by atoms with van der Waals surface area (Å²) in [6, 6.07) is 8.44. The van der Waals surface area contributed by atoms with Crippen LogP contribution in [0.1, 0.15) is 69.4 Å². The smallest absolute Gasteiger partial charge is 0.303 e. The Balaban J connectivity index is 1.92. The van der Waals surface area contributed by atoms with Crippen LogP contribution < -0.4 is 0 Å². The highest BCUT2D eigenvalue weighted by atomic mass is 16.7. The molecule has 134 valence electrons. The van der Waals surface area contributed by atoms with E-state index in [1.165, 1.54) is 11.1 Å². The quantitative estimate of drug-likeness (QED) is 0.703. The fraction of sp³-hybridized carbons (Fsp3) is 0.650.